The quantitative estimate of drug-likeness (QED) is 0.693. The van der Waals surface area contributed by atoms with Crippen molar-refractivity contribution in [2.45, 2.75) is 26.4 Å². The van der Waals surface area contributed by atoms with Gasteiger partial charge in [0.05, 0.1) is 13.1 Å². The van der Waals surface area contributed by atoms with Crippen molar-refractivity contribution in [1.82, 2.24) is 14.7 Å². The topological polar surface area (TPSA) is 90.2 Å². The summed E-state index contributed by atoms with van der Waals surface area (Å²) in [6.07, 6.45) is 1.82. The van der Waals surface area contributed by atoms with Gasteiger partial charge in [-0.25, -0.2) is 0 Å². The fourth-order valence-corrected chi connectivity index (χ4v) is 1.45. The first-order valence-electron chi connectivity index (χ1n) is 5.30. The molecule has 0 radical (unpaired) electrons. The van der Waals surface area contributed by atoms with E-state index in [4.69, 9.17) is 11.5 Å². The Hall–Kier alpha value is -1.56. The second kappa shape index (κ2) is 5.50. The lowest BCUT2D eigenvalue weighted by atomic mass is 10.3. The van der Waals surface area contributed by atoms with E-state index in [1.165, 1.54) is 0 Å². The summed E-state index contributed by atoms with van der Waals surface area (Å²) in [5, 5.41) is 4.07. The van der Waals surface area contributed by atoms with E-state index >= 15 is 0 Å². The Kier molecular flexibility index (Phi) is 4.30. The molecule has 0 aliphatic heterocycles. The number of carbonyl (C=O) groups excluding carboxylic acids is 1. The molecule has 0 saturated carbocycles. The van der Waals surface area contributed by atoms with Gasteiger partial charge < -0.3 is 11.5 Å². The van der Waals surface area contributed by atoms with Crippen molar-refractivity contribution in [3.63, 3.8) is 0 Å². The maximum atomic E-state index is 10.9. The minimum absolute atomic E-state index is 0.272. The van der Waals surface area contributed by atoms with Crippen molar-refractivity contribution in [3.05, 3.63) is 12.3 Å². The van der Waals surface area contributed by atoms with Crippen molar-refractivity contribution >= 4 is 11.7 Å². The van der Waals surface area contributed by atoms with Gasteiger partial charge in [0.2, 0.25) is 5.91 Å². The molecule has 0 aromatic carbocycles. The largest absolute Gasteiger partial charge is 0.382 e. The Bertz CT molecular complexity index is 347. The average Bonchev–Trinajstić information content (AvgIpc) is 2.58. The molecule has 6 heteroatoms. The lowest BCUT2D eigenvalue weighted by Crippen LogP contribution is -2.40. The zero-order valence-electron chi connectivity index (χ0n) is 9.76. The van der Waals surface area contributed by atoms with Crippen LogP contribution in [-0.2, 0) is 11.3 Å². The third-order valence-corrected chi connectivity index (χ3v) is 2.37. The summed E-state index contributed by atoms with van der Waals surface area (Å²) >= 11 is 0. The molecule has 0 atom stereocenters. The summed E-state index contributed by atoms with van der Waals surface area (Å²) in [5.74, 6) is 0.194. The summed E-state index contributed by atoms with van der Waals surface area (Å²) in [4.78, 5) is 12.9. The molecule has 0 bridgehead atoms. The summed E-state index contributed by atoms with van der Waals surface area (Å²) in [6.45, 7) is 5.75. The Morgan fingerprint density at radius 2 is 2.31 bits per heavy atom. The molecule has 0 spiro atoms. The first-order valence-corrected chi connectivity index (χ1v) is 5.30. The van der Waals surface area contributed by atoms with E-state index in [9.17, 15) is 4.79 Å². The maximum Gasteiger partial charge on any atom is 0.231 e. The molecule has 1 rings (SSSR count). The molecule has 6 nitrogen and oxygen atoms in total. The Balaban J connectivity index is 2.46. The predicted octanol–water partition coefficient (Wildman–Crippen LogP) is -0.339. The van der Waals surface area contributed by atoms with E-state index in [-0.39, 0.29) is 18.5 Å². The number of primary amides is 1. The predicted molar refractivity (Wildman–Crippen MR) is 62.5 cm³/mol. The van der Waals surface area contributed by atoms with Crippen LogP contribution in [0.15, 0.2) is 12.3 Å². The van der Waals surface area contributed by atoms with Crippen LogP contribution >= 0.6 is 0 Å². The lowest BCUT2D eigenvalue weighted by Gasteiger charge is -2.24. The molecular formula is C10H19N5O. The molecule has 1 heterocycles. The van der Waals surface area contributed by atoms with Crippen LogP contribution in [0.25, 0.3) is 0 Å². The van der Waals surface area contributed by atoms with Gasteiger partial charge in [-0.1, -0.05) is 0 Å². The summed E-state index contributed by atoms with van der Waals surface area (Å²) in [6, 6.07) is 2.02. The molecule has 0 aliphatic rings. The fraction of sp³-hybridized carbons (Fsp3) is 0.600. The molecule has 0 aliphatic carbocycles. The maximum absolute atomic E-state index is 10.9. The normalized spacial score (nSPS) is 11.2. The van der Waals surface area contributed by atoms with Gasteiger partial charge in [0.25, 0.3) is 0 Å². The van der Waals surface area contributed by atoms with Crippen molar-refractivity contribution in [1.29, 1.82) is 0 Å². The standard InChI is InChI=1S/C10H19N5O/c1-8(2)14(7-10(12)16)5-6-15-4-3-9(11)13-15/h3-4,8H,5-7H2,1-2H3,(H2,11,13)(H2,12,16). The van der Waals surface area contributed by atoms with Crippen LogP contribution in [0.3, 0.4) is 0 Å². The van der Waals surface area contributed by atoms with Gasteiger partial charge in [0.15, 0.2) is 0 Å². The SMILES string of the molecule is CC(C)N(CCn1ccc(N)n1)CC(N)=O. The molecule has 0 unspecified atom stereocenters. The minimum Gasteiger partial charge on any atom is -0.382 e. The summed E-state index contributed by atoms with van der Waals surface area (Å²) in [5.41, 5.74) is 10.7. The van der Waals surface area contributed by atoms with Crippen molar-refractivity contribution in [2.24, 2.45) is 5.73 Å². The number of hydrogen-bond acceptors (Lipinski definition) is 4. The van der Waals surface area contributed by atoms with Gasteiger partial charge in [0, 0.05) is 18.8 Å². The molecule has 4 N–H and O–H groups in total. The van der Waals surface area contributed by atoms with E-state index in [0.717, 1.165) is 6.54 Å². The highest BCUT2D eigenvalue weighted by Crippen LogP contribution is 2.00. The zero-order valence-corrected chi connectivity index (χ0v) is 9.76. The first-order chi connectivity index (χ1) is 7.49. The number of nitrogen functional groups attached to an aromatic ring is 1. The number of nitrogens with two attached hydrogens (primary N) is 2. The van der Waals surface area contributed by atoms with Gasteiger partial charge in [-0.15, -0.1) is 0 Å². The van der Waals surface area contributed by atoms with E-state index in [2.05, 4.69) is 5.10 Å². The van der Waals surface area contributed by atoms with Gasteiger partial charge in [0.1, 0.15) is 5.82 Å². The van der Waals surface area contributed by atoms with E-state index in [1.54, 1.807) is 10.7 Å². The van der Waals surface area contributed by atoms with Crippen molar-refractivity contribution in [3.8, 4) is 0 Å². The van der Waals surface area contributed by atoms with Crippen LogP contribution in [0.2, 0.25) is 0 Å². The zero-order chi connectivity index (χ0) is 12.1. The minimum atomic E-state index is -0.311. The first kappa shape index (κ1) is 12.5. The number of rotatable bonds is 6. The molecule has 1 amide bonds. The second-order valence-electron chi connectivity index (χ2n) is 4.03. The van der Waals surface area contributed by atoms with Crippen LogP contribution in [0.4, 0.5) is 5.82 Å². The van der Waals surface area contributed by atoms with Crippen molar-refractivity contribution in [2.75, 3.05) is 18.8 Å². The van der Waals surface area contributed by atoms with Crippen LogP contribution in [-0.4, -0.2) is 39.7 Å². The average molecular weight is 225 g/mol. The summed E-state index contributed by atoms with van der Waals surface area (Å²) < 4.78 is 1.76. The number of carbonyl (C=O) groups is 1. The Labute approximate surface area is 95.2 Å². The Morgan fingerprint density at radius 3 is 2.75 bits per heavy atom. The number of hydrogen-bond donors (Lipinski definition) is 2. The number of amides is 1. The van der Waals surface area contributed by atoms with Crippen molar-refractivity contribution < 1.29 is 4.79 Å². The third kappa shape index (κ3) is 3.90. The van der Waals surface area contributed by atoms with Gasteiger partial charge in [-0.05, 0) is 19.9 Å². The van der Waals surface area contributed by atoms with Crippen LogP contribution in [0, 0.1) is 0 Å². The van der Waals surface area contributed by atoms with Crippen LogP contribution in [0.5, 0.6) is 0 Å². The molecule has 0 saturated heterocycles. The smallest absolute Gasteiger partial charge is 0.231 e. The van der Waals surface area contributed by atoms with E-state index in [0.29, 0.717) is 12.4 Å². The Morgan fingerprint density at radius 1 is 1.62 bits per heavy atom. The van der Waals surface area contributed by atoms with E-state index < -0.39 is 0 Å². The number of aromatic nitrogens is 2. The van der Waals surface area contributed by atoms with E-state index in [1.807, 2.05) is 24.9 Å². The molecule has 1 aromatic rings. The second-order valence-corrected chi connectivity index (χ2v) is 4.03. The molecular weight excluding hydrogens is 206 g/mol. The third-order valence-electron chi connectivity index (χ3n) is 2.37. The molecule has 90 valence electrons. The molecule has 16 heavy (non-hydrogen) atoms. The van der Waals surface area contributed by atoms with Gasteiger partial charge in [-0.2, -0.15) is 5.10 Å². The van der Waals surface area contributed by atoms with Crippen LogP contribution in [0.1, 0.15) is 13.8 Å². The van der Waals surface area contributed by atoms with Gasteiger partial charge >= 0.3 is 0 Å². The highest BCUT2D eigenvalue weighted by molar-refractivity contribution is 5.75. The summed E-state index contributed by atoms with van der Waals surface area (Å²) in [7, 11) is 0. The monoisotopic (exact) mass is 225 g/mol. The highest BCUT2D eigenvalue weighted by Gasteiger charge is 2.11. The lowest BCUT2D eigenvalue weighted by molar-refractivity contribution is -0.119. The number of anilines is 1. The highest BCUT2D eigenvalue weighted by atomic mass is 16.1. The van der Waals surface area contributed by atoms with Gasteiger partial charge in [-0.3, -0.25) is 14.4 Å². The molecule has 1 aromatic heterocycles. The number of nitrogens with zero attached hydrogens (tertiary/aromatic N) is 3. The fourth-order valence-electron chi connectivity index (χ4n) is 1.45. The van der Waals surface area contributed by atoms with Crippen LogP contribution < -0.4 is 11.5 Å². The molecule has 0 fully saturated rings.